The van der Waals surface area contributed by atoms with Gasteiger partial charge >= 0.3 is 0 Å². The van der Waals surface area contributed by atoms with Gasteiger partial charge in [-0.25, -0.2) is 0 Å². The molecule has 0 bridgehead atoms. The molecule has 0 saturated carbocycles. The molecule has 2 rings (SSSR count). The first-order chi connectivity index (χ1) is 12.1. The Morgan fingerprint density at radius 3 is 2.12 bits per heavy atom. The number of amides is 1. The summed E-state index contributed by atoms with van der Waals surface area (Å²) in [6.45, 7) is 7.31. The first-order valence-corrected chi connectivity index (χ1v) is 8.66. The SMILES string of the molecule is CCN1CCN(C(=O)CCNc2cc(OC)c(OC)c(OC)c2)CC1. The number of rotatable bonds is 8. The number of anilines is 1. The summed E-state index contributed by atoms with van der Waals surface area (Å²) in [5.41, 5.74) is 0.832. The predicted molar refractivity (Wildman–Crippen MR) is 97.9 cm³/mol. The van der Waals surface area contributed by atoms with Crippen molar-refractivity contribution < 1.29 is 19.0 Å². The molecular weight excluding hydrogens is 322 g/mol. The van der Waals surface area contributed by atoms with Gasteiger partial charge in [-0.2, -0.15) is 0 Å². The Morgan fingerprint density at radius 2 is 1.64 bits per heavy atom. The molecule has 1 amide bonds. The Bertz CT molecular complexity index is 546. The van der Waals surface area contributed by atoms with Gasteiger partial charge in [0.2, 0.25) is 11.7 Å². The lowest BCUT2D eigenvalue weighted by atomic mass is 10.2. The average molecular weight is 351 g/mol. The molecule has 0 aliphatic carbocycles. The fourth-order valence-electron chi connectivity index (χ4n) is 2.97. The van der Waals surface area contributed by atoms with Gasteiger partial charge in [-0.3, -0.25) is 4.79 Å². The molecule has 1 aliphatic rings. The van der Waals surface area contributed by atoms with Crippen molar-refractivity contribution in [2.24, 2.45) is 0 Å². The van der Waals surface area contributed by atoms with E-state index in [-0.39, 0.29) is 5.91 Å². The largest absolute Gasteiger partial charge is 0.493 e. The van der Waals surface area contributed by atoms with Gasteiger partial charge < -0.3 is 29.3 Å². The van der Waals surface area contributed by atoms with Crippen molar-refractivity contribution in [3.63, 3.8) is 0 Å². The van der Waals surface area contributed by atoms with Gasteiger partial charge in [0, 0.05) is 57.0 Å². The maximum Gasteiger partial charge on any atom is 0.224 e. The van der Waals surface area contributed by atoms with Crippen molar-refractivity contribution in [3.05, 3.63) is 12.1 Å². The molecule has 0 unspecified atom stereocenters. The zero-order valence-electron chi connectivity index (χ0n) is 15.6. The van der Waals surface area contributed by atoms with E-state index in [1.807, 2.05) is 17.0 Å². The van der Waals surface area contributed by atoms with Crippen LogP contribution in [0.4, 0.5) is 5.69 Å². The molecule has 1 N–H and O–H groups in total. The molecular formula is C18H29N3O4. The van der Waals surface area contributed by atoms with E-state index in [1.54, 1.807) is 21.3 Å². The van der Waals surface area contributed by atoms with E-state index >= 15 is 0 Å². The van der Waals surface area contributed by atoms with E-state index in [1.165, 1.54) is 0 Å². The zero-order chi connectivity index (χ0) is 18.2. The summed E-state index contributed by atoms with van der Waals surface area (Å²) >= 11 is 0. The van der Waals surface area contributed by atoms with Crippen LogP contribution in [0.1, 0.15) is 13.3 Å². The molecule has 1 fully saturated rings. The second-order valence-electron chi connectivity index (χ2n) is 5.91. The number of nitrogens with zero attached hydrogens (tertiary/aromatic N) is 2. The number of carbonyl (C=O) groups excluding carboxylic acids is 1. The summed E-state index contributed by atoms with van der Waals surface area (Å²) in [5.74, 6) is 1.92. The number of hydrogen-bond donors (Lipinski definition) is 1. The number of likely N-dealkylation sites (N-methyl/N-ethyl adjacent to an activating group) is 1. The molecule has 0 radical (unpaired) electrons. The fourth-order valence-corrected chi connectivity index (χ4v) is 2.97. The monoisotopic (exact) mass is 351 g/mol. The second-order valence-corrected chi connectivity index (χ2v) is 5.91. The van der Waals surface area contributed by atoms with E-state index in [9.17, 15) is 4.79 Å². The normalized spacial score (nSPS) is 15.0. The van der Waals surface area contributed by atoms with Gasteiger partial charge in [-0.1, -0.05) is 6.92 Å². The van der Waals surface area contributed by atoms with Gasteiger partial charge in [0.05, 0.1) is 21.3 Å². The van der Waals surface area contributed by atoms with Crippen LogP contribution < -0.4 is 19.5 Å². The maximum atomic E-state index is 12.3. The van der Waals surface area contributed by atoms with Gasteiger partial charge in [-0.15, -0.1) is 0 Å². The lowest BCUT2D eigenvalue weighted by Crippen LogP contribution is -2.48. The molecule has 0 atom stereocenters. The minimum atomic E-state index is 0.190. The van der Waals surface area contributed by atoms with E-state index in [4.69, 9.17) is 14.2 Å². The first kappa shape index (κ1) is 19.2. The van der Waals surface area contributed by atoms with Crippen LogP contribution >= 0.6 is 0 Å². The first-order valence-electron chi connectivity index (χ1n) is 8.66. The lowest BCUT2D eigenvalue weighted by molar-refractivity contribution is -0.132. The second kappa shape index (κ2) is 9.36. The Hall–Kier alpha value is -2.15. The molecule has 7 nitrogen and oxygen atoms in total. The lowest BCUT2D eigenvalue weighted by Gasteiger charge is -2.34. The van der Waals surface area contributed by atoms with Crippen molar-refractivity contribution in [1.29, 1.82) is 0 Å². The number of hydrogen-bond acceptors (Lipinski definition) is 6. The summed E-state index contributed by atoms with van der Waals surface area (Å²) in [6.07, 6.45) is 0.461. The summed E-state index contributed by atoms with van der Waals surface area (Å²) in [5, 5.41) is 3.26. The summed E-state index contributed by atoms with van der Waals surface area (Å²) in [7, 11) is 4.74. The minimum Gasteiger partial charge on any atom is -0.493 e. The van der Waals surface area contributed by atoms with Crippen molar-refractivity contribution in [1.82, 2.24) is 9.80 Å². The van der Waals surface area contributed by atoms with Crippen LogP contribution in [-0.2, 0) is 4.79 Å². The maximum absolute atomic E-state index is 12.3. The topological polar surface area (TPSA) is 63.3 Å². The molecule has 1 heterocycles. The summed E-state index contributed by atoms with van der Waals surface area (Å²) in [6, 6.07) is 3.68. The van der Waals surface area contributed by atoms with E-state index in [2.05, 4.69) is 17.1 Å². The number of ether oxygens (including phenoxy) is 3. The zero-order valence-corrected chi connectivity index (χ0v) is 15.6. The molecule has 7 heteroatoms. The highest BCUT2D eigenvalue weighted by atomic mass is 16.5. The van der Waals surface area contributed by atoms with Gasteiger partial charge in [-0.05, 0) is 6.54 Å². The van der Waals surface area contributed by atoms with Crippen molar-refractivity contribution in [2.75, 3.05) is 65.9 Å². The number of methoxy groups -OCH3 is 3. The van der Waals surface area contributed by atoms with Crippen molar-refractivity contribution in [2.45, 2.75) is 13.3 Å². The van der Waals surface area contributed by atoms with Gasteiger partial charge in [0.15, 0.2) is 11.5 Å². The predicted octanol–water partition coefficient (Wildman–Crippen LogP) is 1.68. The molecule has 0 aromatic heterocycles. The molecule has 1 saturated heterocycles. The highest BCUT2D eigenvalue weighted by molar-refractivity contribution is 5.77. The van der Waals surface area contributed by atoms with Crippen LogP contribution in [0.15, 0.2) is 12.1 Å². The highest BCUT2D eigenvalue weighted by Gasteiger charge is 2.19. The van der Waals surface area contributed by atoms with Crippen LogP contribution in [0.2, 0.25) is 0 Å². The Kier molecular flexibility index (Phi) is 7.18. The molecule has 1 aliphatic heterocycles. The van der Waals surface area contributed by atoms with Gasteiger partial charge in [0.1, 0.15) is 0 Å². The van der Waals surface area contributed by atoms with Gasteiger partial charge in [0.25, 0.3) is 0 Å². The van der Waals surface area contributed by atoms with E-state index in [0.29, 0.717) is 30.2 Å². The highest BCUT2D eigenvalue weighted by Crippen LogP contribution is 2.39. The van der Waals surface area contributed by atoms with Crippen LogP contribution in [0.25, 0.3) is 0 Å². The molecule has 25 heavy (non-hydrogen) atoms. The fraction of sp³-hybridized carbons (Fsp3) is 0.611. The van der Waals surface area contributed by atoms with E-state index in [0.717, 1.165) is 38.4 Å². The van der Waals surface area contributed by atoms with E-state index < -0.39 is 0 Å². The van der Waals surface area contributed by atoms with Crippen molar-refractivity contribution >= 4 is 11.6 Å². The van der Waals surface area contributed by atoms with Crippen LogP contribution in [0.3, 0.4) is 0 Å². The number of piperazine rings is 1. The van der Waals surface area contributed by atoms with Crippen molar-refractivity contribution in [3.8, 4) is 17.2 Å². The Balaban J connectivity index is 1.88. The number of benzene rings is 1. The molecule has 1 aromatic rings. The van der Waals surface area contributed by atoms with Crippen LogP contribution in [-0.4, -0.2) is 76.3 Å². The molecule has 1 aromatic carbocycles. The number of carbonyl (C=O) groups is 1. The quantitative estimate of drug-likeness (QED) is 0.769. The number of nitrogens with one attached hydrogen (secondary N) is 1. The third-order valence-corrected chi connectivity index (χ3v) is 4.50. The molecule has 140 valence electrons. The smallest absolute Gasteiger partial charge is 0.224 e. The Labute approximate surface area is 149 Å². The standard InChI is InChI=1S/C18H29N3O4/c1-5-20-8-10-21(11-9-20)17(22)6-7-19-14-12-15(23-2)18(25-4)16(13-14)24-3/h12-13,19H,5-11H2,1-4H3. The molecule has 0 spiro atoms. The third-order valence-electron chi connectivity index (χ3n) is 4.50. The van der Waals surface area contributed by atoms with Crippen LogP contribution in [0.5, 0.6) is 17.2 Å². The van der Waals surface area contributed by atoms with Crippen LogP contribution in [0, 0.1) is 0 Å². The Morgan fingerprint density at radius 1 is 1.04 bits per heavy atom. The summed E-state index contributed by atoms with van der Waals surface area (Å²) in [4.78, 5) is 16.6. The minimum absolute atomic E-state index is 0.190. The summed E-state index contributed by atoms with van der Waals surface area (Å²) < 4.78 is 16.0. The third kappa shape index (κ3) is 4.92. The average Bonchev–Trinajstić information content (AvgIpc) is 2.66.